The predicted octanol–water partition coefficient (Wildman–Crippen LogP) is 14.2. The van der Waals surface area contributed by atoms with Crippen molar-refractivity contribution in [2.75, 3.05) is 0 Å². The Balaban J connectivity index is 1.05. The smallest absolute Gasteiger partial charge is 0.160 e. The Morgan fingerprint density at radius 2 is 0.914 bits per heavy atom. The van der Waals surface area contributed by atoms with Crippen molar-refractivity contribution >= 4 is 21.8 Å². The van der Waals surface area contributed by atoms with Gasteiger partial charge in [0.05, 0.1) is 28.1 Å². The minimum Gasteiger partial charge on any atom is -0.309 e. The molecule has 3 nitrogen and oxygen atoms in total. The van der Waals surface area contributed by atoms with Crippen molar-refractivity contribution in [2.24, 2.45) is 0 Å². The molecule has 0 bridgehead atoms. The maximum atomic E-state index is 5.12. The highest BCUT2D eigenvalue weighted by molar-refractivity contribution is 6.11. The van der Waals surface area contributed by atoms with Crippen molar-refractivity contribution in [1.82, 2.24) is 14.5 Å². The highest BCUT2D eigenvalue weighted by atomic mass is 15.0. The average molecular weight is 742 g/mol. The first-order chi connectivity index (χ1) is 28.5. The molecule has 58 heavy (non-hydrogen) atoms. The summed E-state index contributed by atoms with van der Waals surface area (Å²) in [6, 6.07) is 71.8. The zero-order valence-electron chi connectivity index (χ0n) is 32.4. The van der Waals surface area contributed by atoms with Crippen LogP contribution in [0.4, 0.5) is 0 Å². The van der Waals surface area contributed by atoms with Gasteiger partial charge in [-0.05, 0) is 75.3 Å². The van der Waals surface area contributed by atoms with Crippen LogP contribution in [-0.2, 0) is 5.41 Å². The van der Waals surface area contributed by atoms with E-state index in [0.717, 1.165) is 39.2 Å². The van der Waals surface area contributed by atoms with E-state index in [1.54, 1.807) is 0 Å². The standard InChI is InChI=1S/C55H39N3/c1-55(2)47-28-12-9-23-41(47)44-26-16-27-45(53(44)55)42-24-10-13-29-50(42)58-51-30-14-11-25-43(51)46-34-39(31-32-52(46)58)38-21-15-22-40(33-38)54-56-48(36-17-5-3-6-18-36)35-49(57-54)37-19-7-4-8-20-37/h3-35H,1-2H3. The third-order valence-electron chi connectivity index (χ3n) is 12.0. The SMILES string of the molecule is CC1(C)c2ccccc2-c2cccc(-c3ccccc3-n3c4ccccc4c4cc(-c5cccc(-c6nc(-c7ccccc7)cc(-c7ccccc7)n6)c5)ccc43)c21. The average Bonchev–Trinajstić information content (AvgIpc) is 3.75. The summed E-state index contributed by atoms with van der Waals surface area (Å²) in [4.78, 5) is 10.2. The molecular weight excluding hydrogens is 703 g/mol. The summed E-state index contributed by atoms with van der Waals surface area (Å²) in [6.45, 7) is 4.74. The van der Waals surface area contributed by atoms with Crippen LogP contribution in [0.25, 0.3) is 94.8 Å². The van der Waals surface area contributed by atoms with E-state index in [-0.39, 0.29) is 5.41 Å². The van der Waals surface area contributed by atoms with E-state index in [4.69, 9.17) is 9.97 Å². The van der Waals surface area contributed by atoms with Gasteiger partial charge in [0.15, 0.2) is 5.82 Å². The molecule has 0 spiro atoms. The van der Waals surface area contributed by atoms with Crippen LogP contribution in [0.1, 0.15) is 25.0 Å². The molecule has 3 heteroatoms. The molecule has 1 aliphatic rings. The maximum Gasteiger partial charge on any atom is 0.160 e. The van der Waals surface area contributed by atoms with E-state index < -0.39 is 0 Å². The molecular formula is C55H39N3. The predicted molar refractivity (Wildman–Crippen MR) is 241 cm³/mol. The highest BCUT2D eigenvalue weighted by Gasteiger charge is 2.37. The Morgan fingerprint density at radius 3 is 1.67 bits per heavy atom. The van der Waals surface area contributed by atoms with Crippen LogP contribution >= 0.6 is 0 Å². The fraction of sp³-hybridized carbons (Fsp3) is 0.0545. The normalized spacial score (nSPS) is 12.8. The Labute approximate surface area is 338 Å². The van der Waals surface area contributed by atoms with E-state index in [0.29, 0.717) is 5.82 Å². The van der Waals surface area contributed by atoms with Gasteiger partial charge in [-0.2, -0.15) is 0 Å². The Morgan fingerprint density at radius 1 is 0.379 bits per heavy atom. The summed E-state index contributed by atoms with van der Waals surface area (Å²) in [5, 5.41) is 2.44. The molecule has 1 aliphatic carbocycles. The van der Waals surface area contributed by atoms with Gasteiger partial charge < -0.3 is 4.57 Å². The van der Waals surface area contributed by atoms with Gasteiger partial charge >= 0.3 is 0 Å². The van der Waals surface area contributed by atoms with Crippen LogP contribution in [0.3, 0.4) is 0 Å². The van der Waals surface area contributed by atoms with Crippen LogP contribution in [0, 0.1) is 0 Å². The lowest BCUT2D eigenvalue weighted by atomic mass is 9.78. The Hall–Kier alpha value is -7.36. The fourth-order valence-corrected chi connectivity index (χ4v) is 9.31. The molecule has 0 atom stereocenters. The van der Waals surface area contributed by atoms with Gasteiger partial charge in [-0.15, -0.1) is 0 Å². The van der Waals surface area contributed by atoms with Gasteiger partial charge in [-0.1, -0.05) is 178 Å². The first kappa shape index (κ1) is 33.9. The monoisotopic (exact) mass is 741 g/mol. The van der Waals surface area contributed by atoms with Crippen LogP contribution in [0.15, 0.2) is 200 Å². The first-order valence-electron chi connectivity index (χ1n) is 20.0. The third kappa shape index (κ3) is 5.43. The minimum atomic E-state index is -0.128. The zero-order valence-corrected chi connectivity index (χ0v) is 32.4. The van der Waals surface area contributed by atoms with Crippen molar-refractivity contribution in [3.8, 4) is 73.0 Å². The topological polar surface area (TPSA) is 30.7 Å². The third-order valence-corrected chi connectivity index (χ3v) is 12.0. The molecule has 0 N–H and O–H groups in total. The quantitative estimate of drug-likeness (QED) is 0.170. The summed E-state index contributed by atoms with van der Waals surface area (Å²) < 4.78 is 2.46. The lowest BCUT2D eigenvalue weighted by Crippen LogP contribution is -2.16. The van der Waals surface area contributed by atoms with Gasteiger partial charge in [0.2, 0.25) is 0 Å². The first-order valence-corrected chi connectivity index (χ1v) is 20.0. The highest BCUT2D eigenvalue weighted by Crippen LogP contribution is 2.53. The summed E-state index contributed by atoms with van der Waals surface area (Å²) in [6.07, 6.45) is 0. The number of hydrogen-bond acceptors (Lipinski definition) is 2. The second kappa shape index (κ2) is 13.4. The van der Waals surface area contributed by atoms with Crippen LogP contribution in [0.5, 0.6) is 0 Å². The zero-order chi connectivity index (χ0) is 38.8. The van der Waals surface area contributed by atoms with Crippen molar-refractivity contribution in [3.63, 3.8) is 0 Å². The van der Waals surface area contributed by atoms with Crippen molar-refractivity contribution < 1.29 is 0 Å². The number of hydrogen-bond donors (Lipinski definition) is 0. The summed E-state index contributed by atoms with van der Waals surface area (Å²) in [5.41, 5.74) is 18.5. The molecule has 0 fully saturated rings. The van der Waals surface area contributed by atoms with E-state index >= 15 is 0 Å². The Bertz CT molecular complexity index is 3130. The molecule has 8 aromatic carbocycles. The summed E-state index contributed by atoms with van der Waals surface area (Å²) >= 11 is 0. The summed E-state index contributed by atoms with van der Waals surface area (Å²) in [7, 11) is 0. The molecule has 274 valence electrons. The van der Waals surface area contributed by atoms with Crippen molar-refractivity contribution in [2.45, 2.75) is 19.3 Å². The lowest BCUT2D eigenvalue weighted by Gasteiger charge is -2.25. The molecule has 10 aromatic rings. The van der Waals surface area contributed by atoms with E-state index in [2.05, 4.69) is 206 Å². The van der Waals surface area contributed by atoms with Gasteiger partial charge in [0, 0.05) is 38.4 Å². The van der Waals surface area contributed by atoms with Crippen LogP contribution in [-0.4, -0.2) is 14.5 Å². The number of aromatic nitrogens is 3. The molecule has 0 amide bonds. The number of rotatable bonds is 6. The molecule has 2 heterocycles. The second-order valence-corrected chi connectivity index (χ2v) is 15.8. The molecule has 0 unspecified atom stereocenters. The molecule has 0 saturated carbocycles. The van der Waals surface area contributed by atoms with E-state index in [1.807, 2.05) is 12.1 Å². The molecule has 11 rings (SSSR count). The van der Waals surface area contributed by atoms with Gasteiger partial charge in [-0.3, -0.25) is 0 Å². The number of nitrogens with zero attached hydrogens (tertiary/aromatic N) is 3. The summed E-state index contributed by atoms with van der Waals surface area (Å²) in [5.74, 6) is 0.704. The fourth-order valence-electron chi connectivity index (χ4n) is 9.31. The van der Waals surface area contributed by atoms with Crippen LogP contribution < -0.4 is 0 Å². The maximum absolute atomic E-state index is 5.12. The number of benzene rings is 8. The van der Waals surface area contributed by atoms with Crippen LogP contribution in [0.2, 0.25) is 0 Å². The number of para-hydroxylation sites is 2. The van der Waals surface area contributed by atoms with Crippen molar-refractivity contribution in [3.05, 3.63) is 211 Å². The van der Waals surface area contributed by atoms with Crippen molar-refractivity contribution in [1.29, 1.82) is 0 Å². The van der Waals surface area contributed by atoms with Gasteiger partial charge in [0.25, 0.3) is 0 Å². The minimum absolute atomic E-state index is 0.128. The second-order valence-electron chi connectivity index (χ2n) is 15.8. The number of fused-ring (bicyclic) bond motifs is 6. The largest absolute Gasteiger partial charge is 0.309 e. The molecule has 0 aliphatic heterocycles. The van der Waals surface area contributed by atoms with E-state index in [9.17, 15) is 0 Å². The molecule has 0 radical (unpaired) electrons. The van der Waals surface area contributed by atoms with Gasteiger partial charge in [0.1, 0.15) is 0 Å². The molecule has 2 aromatic heterocycles. The van der Waals surface area contributed by atoms with Gasteiger partial charge in [-0.25, -0.2) is 9.97 Å². The Kier molecular flexibility index (Phi) is 7.84. The lowest BCUT2D eigenvalue weighted by molar-refractivity contribution is 0.662. The van der Waals surface area contributed by atoms with E-state index in [1.165, 1.54) is 60.9 Å². The molecule has 0 saturated heterocycles.